The van der Waals surface area contributed by atoms with Gasteiger partial charge in [0.05, 0.1) is 10.0 Å². The van der Waals surface area contributed by atoms with Crippen molar-refractivity contribution in [3.8, 4) is 0 Å². The predicted molar refractivity (Wildman–Crippen MR) is 110 cm³/mol. The highest BCUT2D eigenvalue weighted by Gasteiger charge is 2.23. The molecular formula is C18H23Cl2N3S2. The molecule has 3 nitrogen and oxygen atoms in total. The third kappa shape index (κ3) is 5.34. The number of likely N-dealkylation sites (tertiary alicyclic amines) is 1. The largest absolute Gasteiger partial charge is 0.299 e. The molecule has 0 radical (unpaired) electrons. The highest BCUT2D eigenvalue weighted by atomic mass is 35.5. The van der Waals surface area contributed by atoms with Crippen LogP contribution in [-0.2, 0) is 13.1 Å². The average molecular weight is 416 g/mol. The number of piperidine rings is 1. The summed E-state index contributed by atoms with van der Waals surface area (Å²) in [5.41, 5.74) is 1.22. The standard InChI is InChI=1S/C18H23Cl2N3S2/c1-22(11-13-3-4-16(19)17(20)9-13)14-5-7-23(8-6-14)12-15-10-21-18(24-2)25-15/h3-4,9-10,14H,5-8,11-12H2,1-2H3. The van der Waals surface area contributed by atoms with E-state index in [1.807, 2.05) is 29.7 Å². The van der Waals surface area contributed by atoms with Crippen molar-refractivity contribution >= 4 is 46.3 Å². The van der Waals surface area contributed by atoms with Crippen LogP contribution in [0.5, 0.6) is 0 Å². The van der Waals surface area contributed by atoms with Crippen molar-refractivity contribution in [2.45, 2.75) is 36.3 Å². The fourth-order valence-electron chi connectivity index (χ4n) is 3.25. The van der Waals surface area contributed by atoms with Gasteiger partial charge in [-0.1, -0.05) is 41.0 Å². The zero-order valence-electron chi connectivity index (χ0n) is 14.5. The van der Waals surface area contributed by atoms with Gasteiger partial charge in [-0.3, -0.25) is 9.80 Å². The highest BCUT2D eigenvalue weighted by molar-refractivity contribution is 8.00. The Balaban J connectivity index is 1.48. The van der Waals surface area contributed by atoms with Gasteiger partial charge in [-0.25, -0.2) is 4.98 Å². The van der Waals surface area contributed by atoms with Crippen LogP contribution in [0.15, 0.2) is 28.7 Å². The summed E-state index contributed by atoms with van der Waals surface area (Å²) in [5, 5.41) is 1.26. The Hall–Kier alpha value is -0.300. The normalized spacial score (nSPS) is 16.7. The quantitative estimate of drug-likeness (QED) is 0.598. The Morgan fingerprint density at radius 2 is 2.04 bits per heavy atom. The van der Waals surface area contributed by atoms with Crippen molar-refractivity contribution in [1.82, 2.24) is 14.8 Å². The van der Waals surface area contributed by atoms with E-state index >= 15 is 0 Å². The van der Waals surface area contributed by atoms with Gasteiger partial charge in [0.1, 0.15) is 4.34 Å². The number of nitrogens with zero attached hydrogens (tertiary/aromatic N) is 3. The second-order valence-corrected chi connectivity index (χ2v) is 9.45. The Kier molecular flexibility index (Phi) is 7.06. The van der Waals surface area contributed by atoms with Gasteiger partial charge >= 0.3 is 0 Å². The van der Waals surface area contributed by atoms with Gasteiger partial charge in [-0.05, 0) is 43.8 Å². The van der Waals surface area contributed by atoms with Gasteiger partial charge in [-0.15, -0.1) is 11.3 Å². The van der Waals surface area contributed by atoms with E-state index in [9.17, 15) is 0 Å². The van der Waals surface area contributed by atoms with Crippen molar-refractivity contribution < 1.29 is 0 Å². The third-order valence-electron chi connectivity index (χ3n) is 4.68. The van der Waals surface area contributed by atoms with Gasteiger partial charge < -0.3 is 0 Å². The van der Waals surface area contributed by atoms with Crippen LogP contribution in [0, 0.1) is 0 Å². The van der Waals surface area contributed by atoms with Crippen LogP contribution in [0.4, 0.5) is 0 Å². The summed E-state index contributed by atoms with van der Waals surface area (Å²) in [5.74, 6) is 0. The fraction of sp³-hybridized carbons (Fsp3) is 0.500. The van der Waals surface area contributed by atoms with Crippen molar-refractivity contribution in [1.29, 1.82) is 0 Å². The summed E-state index contributed by atoms with van der Waals surface area (Å²) in [6.07, 6.45) is 6.51. The molecule has 2 aromatic rings. The minimum absolute atomic E-state index is 0.619. The molecule has 0 unspecified atom stereocenters. The van der Waals surface area contributed by atoms with Crippen LogP contribution < -0.4 is 0 Å². The molecule has 0 bridgehead atoms. The first-order valence-corrected chi connectivity index (χ1v) is 11.2. The summed E-state index contributed by atoms with van der Waals surface area (Å²) in [6, 6.07) is 6.54. The lowest BCUT2D eigenvalue weighted by atomic mass is 10.0. The minimum Gasteiger partial charge on any atom is -0.299 e. The second kappa shape index (κ2) is 9.07. The molecule has 1 saturated heterocycles. The summed E-state index contributed by atoms with van der Waals surface area (Å²) in [4.78, 5) is 10.8. The smallest absolute Gasteiger partial charge is 0.149 e. The van der Waals surface area contributed by atoms with Crippen LogP contribution in [-0.4, -0.2) is 47.2 Å². The monoisotopic (exact) mass is 415 g/mol. The van der Waals surface area contributed by atoms with Gasteiger partial charge in [0.2, 0.25) is 0 Å². The van der Waals surface area contributed by atoms with E-state index in [0.29, 0.717) is 16.1 Å². The van der Waals surface area contributed by atoms with Gasteiger partial charge in [0.15, 0.2) is 0 Å². The Labute approximate surface area is 168 Å². The molecule has 2 heterocycles. The number of thiazole rings is 1. The molecule has 7 heteroatoms. The Bertz CT molecular complexity index is 699. The first-order chi connectivity index (χ1) is 12.0. The molecule has 136 valence electrons. The van der Waals surface area contributed by atoms with E-state index in [1.54, 1.807) is 11.8 Å². The maximum Gasteiger partial charge on any atom is 0.149 e. The highest BCUT2D eigenvalue weighted by Crippen LogP contribution is 2.26. The summed E-state index contributed by atoms with van der Waals surface area (Å²) >= 11 is 15.7. The van der Waals surface area contributed by atoms with E-state index in [1.165, 1.54) is 23.3 Å². The third-order valence-corrected chi connectivity index (χ3v) is 7.40. The van der Waals surface area contributed by atoms with Gasteiger partial charge in [0.25, 0.3) is 0 Å². The average Bonchev–Trinajstić information content (AvgIpc) is 3.06. The molecule has 1 aromatic carbocycles. The molecule has 25 heavy (non-hydrogen) atoms. The number of hydrogen-bond acceptors (Lipinski definition) is 5. The van der Waals surface area contributed by atoms with Crippen molar-refractivity contribution in [3.05, 3.63) is 44.9 Å². The molecule has 0 saturated carbocycles. The molecule has 1 aromatic heterocycles. The van der Waals surface area contributed by atoms with E-state index in [-0.39, 0.29) is 0 Å². The van der Waals surface area contributed by atoms with Crippen molar-refractivity contribution in [3.63, 3.8) is 0 Å². The van der Waals surface area contributed by atoms with Gasteiger partial charge in [-0.2, -0.15) is 0 Å². The fourth-order valence-corrected chi connectivity index (χ4v) is 5.07. The lowest BCUT2D eigenvalue weighted by molar-refractivity contribution is 0.120. The number of thioether (sulfide) groups is 1. The SMILES string of the molecule is CSc1ncc(CN2CCC(N(C)Cc3ccc(Cl)c(Cl)c3)CC2)s1. The van der Waals surface area contributed by atoms with Crippen LogP contribution in [0.3, 0.4) is 0 Å². The topological polar surface area (TPSA) is 19.4 Å². The molecule has 3 rings (SSSR count). The predicted octanol–water partition coefficient (Wildman–Crippen LogP) is 5.27. The van der Waals surface area contributed by atoms with Crippen LogP contribution >= 0.6 is 46.3 Å². The first-order valence-electron chi connectivity index (χ1n) is 8.40. The molecule has 0 atom stereocenters. The van der Waals surface area contributed by atoms with Crippen molar-refractivity contribution in [2.24, 2.45) is 0 Å². The minimum atomic E-state index is 0.619. The molecule has 0 aliphatic carbocycles. The number of aromatic nitrogens is 1. The van der Waals surface area contributed by atoms with Crippen LogP contribution in [0.2, 0.25) is 10.0 Å². The number of rotatable bonds is 6. The van der Waals surface area contributed by atoms with E-state index in [0.717, 1.165) is 30.5 Å². The lowest BCUT2D eigenvalue weighted by Crippen LogP contribution is -2.42. The van der Waals surface area contributed by atoms with E-state index < -0.39 is 0 Å². The summed E-state index contributed by atoms with van der Waals surface area (Å²) in [7, 11) is 2.21. The number of hydrogen-bond donors (Lipinski definition) is 0. The number of benzene rings is 1. The molecule has 0 spiro atoms. The summed E-state index contributed by atoms with van der Waals surface area (Å²) < 4.78 is 1.16. The Morgan fingerprint density at radius 3 is 2.68 bits per heavy atom. The zero-order valence-corrected chi connectivity index (χ0v) is 17.7. The molecule has 0 N–H and O–H groups in total. The molecule has 0 amide bonds. The van der Waals surface area contributed by atoms with E-state index in [2.05, 4.69) is 34.2 Å². The molecule has 1 aliphatic rings. The second-order valence-electron chi connectivity index (χ2n) is 6.47. The molecule has 1 aliphatic heterocycles. The maximum atomic E-state index is 6.13. The zero-order chi connectivity index (χ0) is 17.8. The van der Waals surface area contributed by atoms with Crippen molar-refractivity contribution in [2.75, 3.05) is 26.4 Å². The number of halogens is 2. The first kappa shape index (κ1) is 19.5. The van der Waals surface area contributed by atoms with Crippen LogP contribution in [0.25, 0.3) is 0 Å². The van der Waals surface area contributed by atoms with Gasteiger partial charge in [0, 0.05) is 43.3 Å². The lowest BCUT2D eigenvalue weighted by Gasteiger charge is -2.36. The summed E-state index contributed by atoms with van der Waals surface area (Å²) in [6.45, 7) is 4.22. The Morgan fingerprint density at radius 1 is 1.28 bits per heavy atom. The molecular weight excluding hydrogens is 393 g/mol. The van der Waals surface area contributed by atoms with Crippen LogP contribution in [0.1, 0.15) is 23.3 Å². The molecule has 1 fully saturated rings. The maximum absolute atomic E-state index is 6.13. The van der Waals surface area contributed by atoms with E-state index in [4.69, 9.17) is 23.2 Å².